The number of hydrogen-bond donors (Lipinski definition) is 6. The monoisotopic (exact) mass is 553 g/mol. The van der Waals surface area contributed by atoms with E-state index in [2.05, 4.69) is 16.0 Å². The maximum absolute atomic E-state index is 13.1. The summed E-state index contributed by atoms with van der Waals surface area (Å²) in [4.78, 5) is 50.2. The zero-order valence-electron chi connectivity index (χ0n) is 22.9. The van der Waals surface area contributed by atoms with Crippen LogP contribution in [0.5, 0.6) is 0 Å². The number of carboxylic acid groups (broad SMARTS) is 1. The third-order valence-corrected chi connectivity index (χ3v) is 6.82. The number of carboxylic acids is 1. The molecule has 2 aromatic carbocycles. The number of fused-ring (bicyclic) bond motifs is 3. The van der Waals surface area contributed by atoms with Crippen molar-refractivity contribution < 1.29 is 29.0 Å². The van der Waals surface area contributed by atoms with Gasteiger partial charge >= 0.3 is 12.1 Å². The largest absolute Gasteiger partial charge is 0.480 e. The summed E-state index contributed by atoms with van der Waals surface area (Å²) in [6, 6.07) is 12.6. The summed E-state index contributed by atoms with van der Waals surface area (Å²) >= 11 is 0. The van der Waals surface area contributed by atoms with Gasteiger partial charge in [0.2, 0.25) is 11.8 Å². The van der Waals surface area contributed by atoms with Gasteiger partial charge in [0.1, 0.15) is 24.7 Å². The van der Waals surface area contributed by atoms with Crippen molar-refractivity contribution in [3.8, 4) is 11.1 Å². The van der Waals surface area contributed by atoms with Crippen LogP contribution in [0.4, 0.5) is 4.79 Å². The van der Waals surface area contributed by atoms with E-state index in [0.717, 1.165) is 22.3 Å². The lowest BCUT2D eigenvalue weighted by molar-refractivity contribution is -0.142. The van der Waals surface area contributed by atoms with E-state index >= 15 is 0 Å². The molecule has 0 fully saturated rings. The minimum absolute atomic E-state index is 0.0271. The first kappa shape index (κ1) is 30.6. The average molecular weight is 554 g/mol. The van der Waals surface area contributed by atoms with Gasteiger partial charge in [-0.15, -0.1) is 0 Å². The van der Waals surface area contributed by atoms with Crippen molar-refractivity contribution >= 4 is 23.9 Å². The first-order valence-electron chi connectivity index (χ1n) is 13.5. The summed E-state index contributed by atoms with van der Waals surface area (Å²) in [5.74, 6) is -2.61. The minimum atomic E-state index is -1.17. The molecule has 0 unspecified atom stereocenters. The number of amides is 3. The molecular weight excluding hydrogens is 514 g/mol. The molecule has 3 amide bonds. The Hall–Kier alpha value is -3.96. The zero-order valence-corrected chi connectivity index (χ0v) is 22.9. The van der Waals surface area contributed by atoms with Crippen LogP contribution in [-0.4, -0.2) is 66.8 Å². The number of carbonyl (C=O) groups is 4. The molecule has 1 aliphatic carbocycles. The van der Waals surface area contributed by atoms with Gasteiger partial charge in [-0.05, 0) is 60.5 Å². The first-order valence-corrected chi connectivity index (χ1v) is 13.5. The number of ether oxygens (including phenoxy) is 1. The van der Waals surface area contributed by atoms with Crippen LogP contribution in [0, 0.1) is 5.92 Å². The van der Waals surface area contributed by atoms with Crippen LogP contribution in [0.25, 0.3) is 11.1 Å². The Labute approximate surface area is 234 Å². The molecule has 3 rings (SSSR count). The van der Waals surface area contributed by atoms with Crippen LogP contribution < -0.4 is 27.4 Å². The van der Waals surface area contributed by atoms with Gasteiger partial charge in [0.15, 0.2) is 0 Å². The summed E-state index contributed by atoms with van der Waals surface area (Å²) in [6.07, 6.45) is -0.397. The van der Waals surface area contributed by atoms with E-state index in [1.54, 1.807) is 0 Å². The average Bonchev–Trinajstić information content (AvgIpc) is 3.24. The smallest absolute Gasteiger partial charge is 0.407 e. The van der Waals surface area contributed by atoms with E-state index < -0.39 is 42.0 Å². The van der Waals surface area contributed by atoms with Crippen molar-refractivity contribution in [1.82, 2.24) is 16.0 Å². The van der Waals surface area contributed by atoms with Crippen molar-refractivity contribution in [1.29, 1.82) is 0 Å². The third-order valence-electron chi connectivity index (χ3n) is 6.82. The Morgan fingerprint density at radius 1 is 0.800 bits per heavy atom. The number of rotatable bonds is 14. The maximum atomic E-state index is 13.1. The van der Waals surface area contributed by atoms with Crippen LogP contribution >= 0.6 is 0 Å². The number of benzene rings is 2. The van der Waals surface area contributed by atoms with Crippen LogP contribution in [0.1, 0.15) is 50.2 Å². The molecule has 3 atom stereocenters. The van der Waals surface area contributed by atoms with Crippen LogP contribution in [-0.2, 0) is 19.1 Å². The second kappa shape index (κ2) is 14.4. The van der Waals surface area contributed by atoms with Crippen molar-refractivity contribution in [2.24, 2.45) is 17.4 Å². The molecule has 1 aliphatic rings. The molecule has 0 aromatic heterocycles. The number of carbonyl (C=O) groups excluding carboxylic acids is 3. The second-order valence-electron chi connectivity index (χ2n) is 10.3. The van der Waals surface area contributed by atoms with Crippen LogP contribution in [0.15, 0.2) is 48.5 Å². The zero-order chi connectivity index (χ0) is 29.2. The van der Waals surface area contributed by atoms with Gasteiger partial charge < -0.3 is 37.3 Å². The molecule has 216 valence electrons. The molecule has 8 N–H and O–H groups in total. The number of hydrogen-bond acceptors (Lipinski definition) is 7. The van der Waals surface area contributed by atoms with Gasteiger partial charge in [-0.25, -0.2) is 9.59 Å². The molecule has 2 aromatic rings. The van der Waals surface area contributed by atoms with E-state index in [1.807, 2.05) is 62.4 Å². The van der Waals surface area contributed by atoms with Gasteiger partial charge in [-0.3, -0.25) is 9.59 Å². The third kappa shape index (κ3) is 7.80. The molecule has 11 heteroatoms. The number of aliphatic carboxylic acids is 1. The predicted molar refractivity (Wildman–Crippen MR) is 150 cm³/mol. The number of alkyl carbamates (subject to hydrolysis) is 1. The molecule has 11 nitrogen and oxygen atoms in total. The molecule has 0 aliphatic heterocycles. The highest BCUT2D eigenvalue weighted by molar-refractivity contribution is 5.93. The van der Waals surface area contributed by atoms with E-state index in [9.17, 15) is 24.3 Å². The Balaban J connectivity index is 1.63. The Morgan fingerprint density at radius 2 is 1.27 bits per heavy atom. The predicted octanol–water partition coefficient (Wildman–Crippen LogP) is 1.69. The van der Waals surface area contributed by atoms with E-state index in [1.165, 1.54) is 0 Å². The summed E-state index contributed by atoms with van der Waals surface area (Å²) in [6.45, 7) is 3.91. The van der Waals surface area contributed by atoms with Gasteiger partial charge in [0.05, 0.1) is 0 Å². The Bertz CT molecular complexity index is 1160. The second-order valence-corrected chi connectivity index (χ2v) is 10.3. The summed E-state index contributed by atoms with van der Waals surface area (Å²) in [5, 5.41) is 17.1. The van der Waals surface area contributed by atoms with Gasteiger partial charge in [-0.1, -0.05) is 62.4 Å². The lowest BCUT2D eigenvalue weighted by Gasteiger charge is -2.24. The standard InChI is InChI=1S/C29H39N5O6/c1-17(2)15-25(28(37)38)33-26(35)23(11-13-30)32-27(36)24(12-14-31)34-29(39)40-16-22-20-9-5-3-7-18(20)19-8-4-6-10-21(19)22/h3-10,17,22-25H,11-16,30-31H2,1-2H3,(H,32,36)(H,33,35)(H,34,39)(H,37,38)/t23-,24-,25-/m0/s1. The molecular formula is C29H39N5O6. The van der Waals surface area contributed by atoms with Crippen molar-refractivity contribution in [3.05, 3.63) is 59.7 Å². The summed E-state index contributed by atoms with van der Waals surface area (Å²) < 4.78 is 5.55. The van der Waals surface area contributed by atoms with Crippen molar-refractivity contribution in [2.45, 2.75) is 57.2 Å². The lowest BCUT2D eigenvalue weighted by atomic mass is 9.98. The van der Waals surface area contributed by atoms with Crippen LogP contribution in [0.3, 0.4) is 0 Å². The summed E-state index contributed by atoms with van der Waals surface area (Å²) in [5.41, 5.74) is 15.6. The molecule has 0 bridgehead atoms. The SMILES string of the molecule is CC(C)C[C@H](NC(=O)[C@H](CCN)NC(=O)[C@H](CCN)NC(=O)OCC1c2ccccc2-c2ccccc21)C(=O)O. The highest BCUT2D eigenvalue weighted by Gasteiger charge is 2.31. The molecule has 0 radical (unpaired) electrons. The first-order chi connectivity index (χ1) is 19.2. The summed E-state index contributed by atoms with van der Waals surface area (Å²) in [7, 11) is 0. The van der Waals surface area contributed by atoms with Crippen molar-refractivity contribution in [3.63, 3.8) is 0 Å². The molecule has 0 saturated heterocycles. The quantitative estimate of drug-likeness (QED) is 0.204. The van der Waals surface area contributed by atoms with Gasteiger partial charge in [-0.2, -0.15) is 0 Å². The van der Waals surface area contributed by atoms with E-state index in [-0.39, 0.29) is 50.8 Å². The highest BCUT2D eigenvalue weighted by atomic mass is 16.5. The Morgan fingerprint density at radius 3 is 1.75 bits per heavy atom. The highest BCUT2D eigenvalue weighted by Crippen LogP contribution is 2.44. The molecule has 0 heterocycles. The molecule has 40 heavy (non-hydrogen) atoms. The number of nitrogens with two attached hydrogens (primary N) is 2. The van der Waals surface area contributed by atoms with Crippen LogP contribution in [0.2, 0.25) is 0 Å². The topological polar surface area (TPSA) is 186 Å². The van der Waals surface area contributed by atoms with Crippen molar-refractivity contribution in [2.75, 3.05) is 19.7 Å². The molecule has 0 spiro atoms. The van der Waals surface area contributed by atoms with Gasteiger partial charge in [0, 0.05) is 5.92 Å². The van der Waals surface area contributed by atoms with E-state index in [4.69, 9.17) is 16.2 Å². The normalized spacial score (nSPS) is 14.4. The van der Waals surface area contributed by atoms with E-state index in [0.29, 0.717) is 0 Å². The lowest BCUT2D eigenvalue weighted by Crippen LogP contribution is -2.56. The fraction of sp³-hybridized carbons (Fsp3) is 0.448. The fourth-order valence-electron chi connectivity index (χ4n) is 4.89. The number of nitrogens with one attached hydrogen (secondary N) is 3. The molecule has 0 saturated carbocycles. The fourth-order valence-corrected chi connectivity index (χ4v) is 4.89. The Kier molecular flexibility index (Phi) is 11.0. The van der Waals surface area contributed by atoms with Gasteiger partial charge in [0.25, 0.3) is 0 Å². The maximum Gasteiger partial charge on any atom is 0.407 e. The minimum Gasteiger partial charge on any atom is -0.480 e.